The molecule has 3 aromatic rings. The molecule has 138 valence electrons. The summed E-state index contributed by atoms with van der Waals surface area (Å²) in [7, 11) is 0. The van der Waals surface area contributed by atoms with E-state index in [0.29, 0.717) is 30.3 Å². The molecule has 27 heavy (non-hydrogen) atoms. The van der Waals surface area contributed by atoms with Gasteiger partial charge in [-0.05, 0) is 23.3 Å². The van der Waals surface area contributed by atoms with E-state index in [9.17, 15) is 4.79 Å². The first-order valence-electron chi connectivity index (χ1n) is 8.44. The van der Waals surface area contributed by atoms with Crippen LogP contribution in [0.2, 0.25) is 5.02 Å². The minimum Gasteiger partial charge on any atom is -0.485 e. The molecule has 0 N–H and O–H groups in total. The minimum atomic E-state index is -0.112. The van der Waals surface area contributed by atoms with Crippen LogP contribution in [0.5, 0.6) is 11.5 Å². The third-order valence-electron chi connectivity index (χ3n) is 3.95. The molecule has 5 heteroatoms. The molecule has 3 rings (SSSR count). The number of halogens is 2. The van der Waals surface area contributed by atoms with Crippen LogP contribution in [0.3, 0.4) is 0 Å². The highest BCUT2D eigenvalue weighted by Crippen LogP contribution is 2.39. The quantitative estimate of drug-likeness (QED) is 0.311. The average Bonchev–Trinajstić information content (AvgIpc) is 2.72. The first-order valence-corrected chi connectivity index (χ1v) is 9.94. The van der Waals surface area contributed by atoms with E-state index in [2.05, 4.69) is 15.9 Å². The van der Waals surface area contributed by atoms with E-state index < -0.39 is 0 Å². The van der Waals surface area contributed by atoms with Crippen molar-refractivity contribution in [1.82, 2.24) is 0 Å². The Balaban J connectivity index is 1.86. The number of Topliss-reactive ketones (excluding diaryl/α,β-unsaturated/α-hetero) is 1. The van der Waals surface area contributed by atoms with Gasteiger partial charge in [-0.15, -0.1) is 0 Å². The maximum Gasteiger partial charge on any atom is 0.180 e. The second-order valence-corrected chi connectivity index (χ2v) is 6.80. The summed E-state index contributed by atoms with van der Waals surface area (Å²) in [6, 6.07) is 23.0. The zero-order valence-electron chi connectivity index (χ0n) is 14.5. The summed E-state index contributed by atoms with van der Waals surface area (Å²) in [6.45, 7) is 0.707. The number of carbonyl (C=O) groups excluding carboxylic acids is 1. The molecule has 0 fully saturated rings. The summed E-state index contributed by atoms with van der Waals surface area (Å²) < 4.78 is 11.9. The van der Waals surface area contributed by atoms with Crippen molar-refractivity contribution in [3.63, 3.8) is 0 Å². The lowest BCUT2D eigenvalue weighted by atomic mass is 10.1. The molecule has 0 heterocycles. The Kier molecular flexibility index (Phi) is 6.91. The van der Waals surface area contributed by atoms with Gasteiger partial charge in [-0.2, -0.15) is 0 Å². The van der Waals surface area contributed by atoms with Gasteiger partial charge < -0.3 is 9.47 Å². The van der Waals surface area contributed by atoms with Crippen LogP contribution in [0, 0.1) is 0 Å². The second-order valence-electron chi connectivity index (χ2n) is 5.86. The van der Waals surface area contributed by atoms with Crippen LogP contribution in [0.4, 0.5) is 0 Å². The lowest BCUT2D eigenvalue weighted by Crippen LogP contribution is -2.06. The van der Waals surface area contributed by atoms with E-state index in [1.54, 1.807) is 12.1 Å². The van der Waals surface area contributed by atoms with Gasteiger partial charge in [0.25, 0.3) is 0 Å². The fraction of sp³-hybridized carbons (Fsp3) is 0.136. The molecule has 0 aromatic heterocycles. The van der Waals surface area contributed by atoms with Crippen LogP contribution in [0.15, 0.2) is 72.8 Å². The molecule has 0 saturated heterocycles. The van der Waals surface area contributed by atoms with Crippen LogP contribution >= 0.6 is 27.5 Å². The number of hydrogen-bond acceptors (Lipinski definition) is 3. The summed E-state index contributed by atoms with van der Waals surface area (Å²) in [5.74, 6) is 0.772. The summed E-state index contributed by atoms with van der Waals surface area (Å²) in [5.41, 5.74) is 2.44. The second kappa shape index (κ2) is 9.58. The van der Waals surface area contributed by atoms with Crippen molar-refractivity contribution in [2.75, 3.05) is 5.33 Å². The lowest BCUT2D eigenvalue weighted by Gasteiger charge is -2.16. The zero-order valence-corrected chi connectivity index (χ0v) is 16.9. The fourth-order valence-electron chi connectivity index (χ4n) is 2.54. The standard InChI is InChI=1S/C22H18BrClO3/c23-13-19(25)18-11-12-20(26-14-16-7-3-1-4-8-16)22(21(18)24)27-15-17-9-5-2-6-10-17/h1-12H,13-15H2. The van der Waals surface area contributed by atoms with Gasteiger partial charge >= 0.3 is 0 Å². The molecular weight excluding hydrogens is 428 g/mol. The van der Waals surface area contributed by atoms with Gasteiger partial charge in [0, 0.05) is 5.56 Å². The normalized spacial score (nSPS) is 10.4. The van der Waals surface area contributed by atoms with Gasteiger partial charge in [0.2, 0.25) is 0 Å². The maximum atomic E-state index is 12.1. The Bertz CT molecular complexity index is 898. The van der Waals surface area contributed by atoms with Gasteiger partial charge in [-0.1, -0.05) is 88.2 Å². The van der Waals surface area contributed by atoms with Crippen molar-refractivity contribution in [2.45, 2.75) is 13.2 Å². The maximum absolute atomic E-state index is 12.1. The van der Waals surface area contributed by atoms with Gasteiger partial charge in [0.1, 0.15) is 13.2 Å². The lowest BCUT2D eigenvalue weighted by molar-refractivity contribution is 0.102. The first-order chi connectivity index (χ1) is 13.2. The average molecular weight is 446 g/mol. The molecule has 0 aliphatic heterocycles. The Morgan fingerprint density at radius 3 is 1.93 bits per heavy atom. The molecule has 0 saturated carbocycles. The molecule has 0 radical (unpaired) electrons. The highest BCUT2D eigenvalue weighted by Gasteiger charge is 2.19. The number of benzene rings is 3. The smallest absolute Gasteiger partial charge is 0.180 e. The summed E-state index contributed by atoms with van der Waals surface area (Å²) in [6.07, 6.45) is 0. The Hall–Kier alpha value is -2.30. The van der Waals surface area contributed by atoms with Crippen LogP contribution in [0.25, 0.3) is 0 Å². The molecule has 0 atom stereocenters. The molecule has 3 aromatic carbocycles. The SMILES string of the molecule is O=C(CBr)c1ccc(OCc2ccccc2)c(OCc2ccccc2)c1Cl. The van der Waals surface area contributed by atoms with Crippen LogP contribution in [-0.2, 0) is 13.2 Å². The van der Waals surface area contributed by atoms with E-state index in [1.807, 2.05) is 60.7 Å². The van der Waals surface area contributed by atoms with Crippen molar-refractivity contribution in [3.8, 4) is 11.5 Å². The number of rotatable bonds is 8. The Labute approximate surface area is 172 Å². The highest BCUT2D eigenvalue weighted by atomic mass is 79.9. The number of ether oxygens (including phenoxy) is 2. The molecule has 0 spiro atoms. The van der Waals surface area contributed by atoms with E-state index in [4.69, 9.17) is 21.1 Å². The van der Waals surface area contributed by atoms with Crippen molar-refractivity contribution < 1.29 is 14.3 Å². The topological polar surface area (TPSA) is 35.5 Å². The predicted octanol–water partition coefficient (Wildman–Crippen LogP) is 6.08. The molecule has 0 bridgehead atoms. The monoisotopic (exact) mass is 444 g/mol. The van der Waals surface area contributed by atoms with Gasteiger partial charge in [-0.3, -0.25) is 4.79 Å². The number of hydrogen-bond donors (Lipinski definition) is 0. The third kappa shape index (κ3) is 5.12. The van der Waals surface area contributed by atoms with Gasteiger partial charge in [-0.25, -0.2) is 0 Å². The molecule has 0 unspecified atom stereocenters. The van der Waals surface area contributed by atoms with E-state index in [0.717, 1.165) is 11.1 Å². The largest absolute Gasteiger partial charge is 0.485 e. The molecule has 3 nitrogen and oxygen atoms in total. The highest BCUT2D eigenvalue weighted by molar-refractivity contribution is 9.09. The summed E-state index contributed by atoms with van der Waals surface area (Å²) in [5, 5.41) is 0.454. The minimum absolute atomic E-state index is 0.112. The Morgan fingerprint density at radius 2 is 1.37 bits per heavy atom. The molecule has 0 aliphatic rings. The molecular formula is C22H18BrClO3. The predicted molar refractivity (Wildman–Crippen MR) is 111 cm³/mol. The van der Waals surface area contributed by atoms with E-state index in [-0.39, 0.29) is 16.1 Å². The Morgan fingerprint density at radius 1 is 0.815 bits per heavy atom. The zero-order chi connectivity index (χ0) is 19.1. The third-order valence-corrected chi connectivity index (χ3v) is 4.83. The van der Waals surface area contributed by atoms with Gasteiger partial charge in [0.05, 0.1) is 10.4 Å². The first kappa shape index (κ1) is 19.5. The fourth-order valence-corrected chi connectivity index (χ4v) is 3.16. The van der Waals surface area contributed by atoms with Crippen molar-refractivity contribution in [1.29, 1.82) is 0 Å². The van der Waals surface area contributed by atoms with Crippen LogP contribution in [-0.4, -0.2) is 11.1 Å². The van der Waals surface area contributed by atoms with Crippen molar-refractivity contribution in [3.05, 3.63) is 94.5 Å². The molecule has 0 aliphatic carbocycles. The van der Waals surface area contributed by atoms with E-state index >= 15 is 0 Å². The number of alkyl halides is 1. The summed E-state index contributed by atoms with van der Waals surface area (Å²) in [4.78, 5) is 12.1. The summed E-state index contributed by atoms with van der Waals surface area (Å²) >= 11 is 9.67. The van der Waals surface area contributed by atoms with Crippen LogP contribution in [0.1, 0.15) is 21.5 Å². The molecule has 0 amide bonds. The van der Waals surface area contributed by atoms with E-state index in [1.165, 1.54) is 0 Å². The van der Waals surface area contributed by atoms with Crippen molar-refractivity contribution in [2.24, 2.45) is 0 Å². The van der Waals surface area contributed by atoms with Crippen LogP contribution < -0.4 is 9.47 Å². The van der Waals surface area contributed by atoms with Crippen molar-refractivity contribution >= 4 is 33.3 Å². The van der Waals surface area contributed by atoms with Gasteiger partial charge in [0.15, 0.2) is 17.3 Å². The number of carbonyl (C=O) groups is 1. The number of ketones is 1.